The first-order valence-electron chi connectivity index (χ1n) is 5.63. The Balaban J connectivity index is 2.34. The monoisotopic (exact) mass is 339 g/mol. The molecular weight excluding hydrogens is 332 g/mol. The van der Waals surface area contributed by atoms with Crippen molar-refractivity contribution in [2.75, 3.05) is 7.11 Å². The third kappa shape index (κ3) is 1.94. The number of rotatable bonds is 2. The number of ether oxygens (including phenoxy) is 1. The van der Waals surface area contributed by atoms with E-state index in [-0.39, 0.29) is 5.69 Å². The molecule has 0 unspecified atom stereocenters. The van der Waals surface area contributed by atoms with E-state index in [1.165, 1.54) is 23.9 Å². The highest BCUT2D eigenvalue weighted by Gasteiger charge is 2.16. The highest BCUT2D eigenvalue weighted by atomic mass is 79.9. The molecule has 3 rings (SSSR count). The van der Waals surface area contributed by atoms with Crippen LogP contribution in [0.3, 0.4) is 0 Å². The standard InChI is InChI=1S/C13H8BrF2N3O/c1-20-13-12-8(9(14)6-17-13)5-18-19(12)11-3-2-7(15)4-10(11)16/h2-6H,1H3. The molecule has 0 radical (unpaired) electrons. The number of hydrogen-bond acceptors (Lipinski definition) is 3. The zero-order chi connectivity index (χ0) is 14.3. The van der Waals surface area contributed by atoms with E-state index in [0.29, 0.717) is 15.9 Å². The second-order valence-electron chi connectivity index (χ2n) is 4.03. The molecule has 0 bridgehead atoms. The third-order valence-corrected chi connectivity index (χ3v) is 3.49. The number of hydrogen-bond donors (Lipinski definition) is 0. The van der Waals surface area contributed by atoms with Crippen molar-refractivity contribution in [2.24, 2.45) is 0 Å². The smallest absolute Gasteiger partial charge is 0.240 e. The molecule has 0 aliphatic heterocycles. The van der Waals surface area contributed by atoms with E-state index in [1.54, 1.807) is 12.4 Å². The van der Waals surface area contributed by atoms with Crippen LogP contribution in [-0.4, -0.2) is 21.9 Å². The van der Waals surface area contributed by atoms with Crippen molar-refractivity contribution >= 4 is 26.8 Å². The van der Waals surface area contributed by atoms with Gasteiger partial charge in [-0.2, -0.15) is 5.10 Å². The van der Waals surface area contributed by atoms with Crippen molar-refractivity contribution in [1.29, 1.82) is 0 Å². The first kappa shape index (κ1) is 13.0. The molecule has 0 fully saturated rings. The normalized spacial score (nSPS) is 11.0. The van der Waals surface area contributed by atoms with Gasteiger partial charge in [0.25, 0.3) is 0 Å². The molecule has 0 aliphatic rings. The van der Waals surface area contributed by atoms with Crippen molar-refractivity contribution < 1.29 is 13.5 Å². The van der Waals surface area contributed by atoms with Crippen LogP contribution >= 0.6 is 15.9 Å². The summed E-state index contributed by atoms with van der Waals surface area (Å²) in [5, 5.41) is 4.85. The van der Waals surface area contributed by atoms with Crippen molar-refractivity contribution in [3.8, 4) is 11.6 Å². The summed E-state index contributed by atoms with van der Waals surface area (Å²) < 4.78 is 34.1. The summed E-state index contributed by atoms with van der Waals surface area (Å²) in [6.07, 6.45) is 3.14. The molecule has 20 heavy (non-hydrogen) atoms. The van der Waals surface area contributed by atoms with Crippen LogP contribution < -0.4 is 4.74 Å². The lowest BCUT2D eigenvalue weighted by atomic mass is 10.2. The van der Waals surface area contributed by atoms with E-state index in [9.17, 15) is 8.78 Å². The predicted molar refractivity (Wildman–Crippen MR) is 73.0 cm³/mol. The van der Waals surface area contributed by atoms with Crippen LogP contribution in [-0.2, 0) is 0 Å². The Labute approximate surface area is 121 Å². The maximum absolute atomic E-state index is 13.9. The van der Waals surface area contributed by atoms with Gasteiger partial charge in [-0.3, -0.25) is 0 Å². The summed E-state index contributed by atoms with van der Waals surface area (Å²) >= 11 is 3.35. The van der Waals surface area contributed by atoms with E-state index in [0.717, 1.165) is 11.5 Å². The number of methoxy groups -OCH3 is 1. The molecule has 1 aromatic carbocycles. The van der Waals surface area contributed by atoms with E-state index in [4.69, 9.17) is 4.74 Å². The van der Waals surface area contributed by atoms with Gasteiger partial charge in [0.1, 0.15) is 17.0 Å². The van der Waals surface area contributed by atoms with Gasteiger partial charge in [0, 0.05) is 22.1 Å². The second-order valence-corrected chi connectivity index (χ2v) is 4.88. The van der Waals surface area contributed by atoms with Crippen LogP contribution in [0.25, 0.3) is 16.6 Å². The number of halogens is 3. The maximum Gasteiger partial charge on any atom is 0.240 e. The number of fused-ring (bicyclic) bond motifs is 1. The van der Waals surface area contributed by atoms with Crippen molar-refractivity contribution in [3.63, 3.8) is 0 Å². The lowest BCUT2D eigenvalue weighted by Gasteiger charge is -2.08. The molecule has 0 saturated heterocycles. The Morgan fingerprint density at radius 1 is 1.25 bits per heavy atom. The molecule has 0 aliphatic carbocycles. The van der Waals surface area contributed by atoms with E-state index < -0.39 is 11.6 Å². The van der Waals surface area contributed by atoms with Crippen molar-refractivity contribution in [3.05, 3.63) is 46.7 Å². The molecule has 0 amide bonds. The quantitative estimate of drug-likeness (QED) is 0.717. The summed E-state index contributed by atoms with van der Waals surface area (Å²) in [6, 6.07) is 3.29. The first-order chi connectivity index (χ1) is 9.61. The topological polar surface area (TPSA) is 39.9 Å². The van der Waals surface area contributed by atoms with Crippen LogP contribution in [0.15, 0.2) is 35.1 Å². The van der Waals surface area contributed by atoms with Gasteiger partial charge in [0.05, 0.1) is 13.3 Å². The fourth-order valence-electron chi connectivity index (χ4n) is 1.96. The minimum atomic E-state index is -0.711. The second kappa shape index (κ2) is 4.82. The largest absolute Gasteiger partial charge is 0.479 e. The fraction of sp³-hybridized carbons (Fsp3) is 0.0769. The molecular formula is C13H8BrF2N3O. The summed E-state index contributed by atoms with van der Waals surface area (Å²) in [4.78, 5) is 4.10. The van der Waals surface area contributed by atoms with Gasteiger partial charge in [-0.05, 0) is 28.1 Å². The Morgan fingerprint density at radius 3 is 2.75 bits per heavy atom. The molecule has 102 valence electrons. The summed E-state index contributed by atoms with van der Waals surface area (Å²) in [7, 11) is 1.47. The first-order valence-corrected chi connectivity index (χ1v) is 6.42. The number of benzene rings is 1. The van der Waals surface area contributed by atoms with Gasteiger partial charge in [-0.1, -0.05) is 0 Å². The van der Waals surface area contributed by atoms with Gasteiger partial charge >= 0.3 is 0 Å². The molecule has 4 nitrogen and oxygen atoms in total. The average molecular weight is 340 g/mol. The van der Waals surface area contributed by atoms with Crippen LogP contribution in [0.1, 0.15) is 0 Å². The van der Waals surface area contributed by atoms with Crippen LogP contribution in [0.2, 0.25) is 0 Å². The summed E-state index contributed by atoms with van der Waals surface area (Å²) in [6.45, 7) is 0. The van der Waals surface area contributed by atoms with Crippen LogP contribution in [0, 0.1) is 11.6 Å². The van der Waals surface area contributed by atoms with E-state index >= 15 is 0 Å². The molecule has 0 N–H and O–H groups in total. The number of pyridine rings is 1. The number of aromatic nitrogens is 3. The van der Waals surface area contributed by atoms with Gasteiger partial charge in [-0.15, -0.1) is 0 Å². The molecule has 2 aromatic heterocycles. The average Bonchev–Trinajstić information content (AvgIpc) is 2.85. The lowest BCUT2D eigenvalue weighted by Crippen LogP contribution is -2.02. The molecule has 0 atom stereocenters. The fourth-order valence-corrected chi connectivity index (χ4v) is 2.35. The highest BCUT2D eigenvalue weighted by Crippen LogP contribution is 2.31. The Morgan fingerprint density at radius 2 is 2.05 bits per heavy atom. The van der Waals surface area contributed by atoms with E-state index in [1.807, 2.05) is 0 Å². The Bertz CT molecular complexity index is 804. The molecule has 3 aromatic rings. The minimum absolute atomic E-state index is 0.125. The zero-order valence-electron chi connectivity index (χ0n) is 10.3. The van der Waals surface area contributed by atoms with Crippen LogP contribution in [0.4, 0.5) is 8.78 Å². The maximum atomic E-state index is 13.9. The van der Waals surface area contributed by atoms with Crippen molar-refractivity contribution in [1.82, 2.24) is 14.8 Å². The minimum Gasteiger partial charge on any atom is -0.479 e. The highest BCUT2D eigenvalue weighted by molar-refractivity contribution is 9.10. The molecule has 0 saturated carbocycles. The summed E-state index contributed by atoms with van der Waals surface area (Å²) in [5.41, 5.74) is 0.631. The third-order valence-electron chi connectivity index (χ3n) is 2.86. The SMILES string of the molecule is COc1ncc(Br)c2cnn(-c3ccc(F)cc3F)c12. The van der Waals surface area contributed by atoms with E-state index in [2.05, 4.69) is 26.0 Å². The lowest BCUT2D eigenvalue weighted by molar-refractivity contribution is 0.401. The van der Waals surface area contributed by atoms with Crippen molar-refractivity contribution in [2.45, 2.75) is 0 Å². The number of nitrogens with zero attached hydrogens (tertiary/aromatic N) is 3. The molecule has 7 heteroatoms. The molecule has 2 heterocycles. The molecule has 0 spiro atoms. The van der Waals surface area contributed by atoms with Crippen LogP contribution in [0.5, 0.6) is 5.88 Å². The Kier molecular flexibility index (Phi) is 3.13. The zero-order valence-corrected chi connectivity index (χ0v) is 11.9. The van der Waals surface area contributed by atoms with Gasteiger partial charge in [0.2, 0.25) is 5.88 Å². The summed E-state index contributed by atoms with van der Waals surface area (Å²) in [5.74, 6) is -1.05. The van der Waals surface area contributed by atoms with Gasteiger partial charge in [-0.25, -0.2) is 18.4 Å². The Hall–Kier alpha value is -2.02. The van der Waals surface area contributed by atoms with Gasteiger partial charge < -0.3 is 4.74 Å². The van der Waals surface area contributed by atoms with Gasteiger partial charge in [0.15, 0.2) is 5.82 Å². The predicted octanol–water partition coefficient (Wildman–Crippen LogP) is 3.47.